The number of aromatic nitrogens is 1. The van der Waals surface area contributed by atoms with Crippen molar-refractivity contribution in [2.75, 3.05) is 31.6 Å². The summed E-state index contributed by atoms with van der Waals surface area (Å²) in [4.78, 5) is 16.7. The SMILES string of the molecule is CC(Sc1ccc(S(=O)(=O)N2CCOCC2)cn1)C(=O)Nc1ccc(Cl)cc1Cl. The largest absolute Gasteiger partial charge is 0.379 e. The van der Waals surface area contributed by atoms with Crippen molar-refractivity contribution in [1.29, 1.82) is 0 Å². The maximum absolute atomic E-state index is 12.6. The Balaban J connectivity index is 1.63. The van der Waals surface area contributed by atoms with Crippen LogP contribution in [-0.4, -0.2) is 55.2 Å². The fourth-order valence-electron chi connectivity index (χ4n) is 2.58. The van der Waals surface area contributed by atoms with Crippen LogP contribution in [0.3, 0.4) is 0 Å². The predicted molar refractivity (Wildman–Crippen MR) is 114 cm³/mol. The molecule has 0 radical (unpaired) electrons. The lowest BCUT2D eigenvalue weighted by Gasteiger charge is -2.25. The first-order chi connectivity index (χ1) is 13.8. The van der Waals surface area contributed by atoms with Crippen molar-refractivity contribution < 1.29 is 17.9 Å². The molecule has 1 N–H and O–H groups in total. The minimum Gasteiger partial charge on any atom is -0.379 e. The molecule has 2 aromatic rings. The quantitative estimate of drug-likeness (QED) is 0.642. The highest BCUT2D eigenvalue weighted by Gasteiger charge is 2.26. The van der Waals surface area contributed by atoms with Crippen molar-refractivity contribution in [3.63, 3.8) is 0 Å². The van der Waals surface area contributed by atoms with Crippen LogP contribution in [0.5, 0.6) is 0 Å². The molecule has 11 heteroatoms. The summed E-state index contributed by atoms with van der Waals surface area (Å²) in [6.07, 6.45) is 1.31. The summed E-state index contributed by atoms with van der Waals surface area (Å²) in [5, 5.41) is 3.63. The van der Waals surface area contributed by atoms with Crippen molar-refractivity contribution >= 4 is 56.6 Å². The molecule has 1 amide bonds. The van der Waals surface area contributed by atoms with Crippen LogP contribution >= 0.6 is 35.0 Å². The molecule has 156 valence electrons. The molecule has 3 rings (SSSR count). The zero-order valence-electron chi connectivity index (χ0n) is 15.5. The second kappa shape index (κ2) is 9.63. The lowest BCUT2D eigenvalue weighted by atomic mass is 10.3. The van der Waals surface area contributed by atoms with Gasteiger partial charge in [0.2, 0.25) is 15.9 Å². The van der Waals surface area contributed by atoms with E-state index in [1.54, 1.807) is 31.2 Å². The van der Waals surface area contributed by atoms with E-state index >= 15 is 0 Å². The van der Waals surface area contributed by atoms with E-state index in [2.05, 4.69) is 10.3 Å². The summed E-state index contributed by atoms with van der Waals surface area (Å²) >= 11 is 13.1. The summed E-state index contributed by atoms with van der Waals surface area (Å²) in [6, 6.07) is 7.91. The molecular weight excluding hydrogens is 457 g/mol. The first-order valence-electron chi connectivity index (χ1n) is 8.74. The number of sulfonamides is 1. The van der Waals surface area contributed by atoms with Gasteiger partial charge in [-0.3, -0.25) is 4.79 Å². The van der Waals surface area contributed by atoms with Crippen molar-refractivity contribution in [1.82, 2.24) is 9.29 Å². The van der Waals surface area contributed by atoms with Gasteiger partial charge in [-0.2, -0.15) is 4.31 Å². The Morgan fingerprint density at radius 2 is 1.97 bits per heavy atom. The van der Waals surface area contributed by atoms with Gasteiger partial charge >= 0.3 is 0 Å². The monoisotopic (exact) mass is 475 g/mol. The number of pyridine rings is 1. The molecule has 1 unspecified atom stereocenters. The summed E-state index contributed by atoms with van der Waals surface area (Å²) < 4.78 is 31.8. The third-order valence-electron chi connectivity index (χ3n) is 4.17. The Bertz CT molecular complexity index is 981. The number of carbonyl (C=O) groups is 1. The molecule has 0 saturated carbocycles. The lowest BCUT2D eigenvalue weighted by Crippen LogP contribution is -2.40. The molecule has 1 aromatic carbocycles. The molecule has 0 aliphatic carbocycles. The van der Waals surface area contributed by atoms with Gasteiger partial charge in [-0.25, -0.2) is 13.4 Å². The summed E-state index contributed by atoms with van der Waals surface area (Å²) in [6.45, 7) is 3.13. The first kappa shape index (κ1) is 22.3. The number of hydrogen-bond acceptors (Lipinski definition) is 6. The van der Waals surface area contributed by atoms with Crippen molar-refractivity contribution in [2.45, 2.75) is 22.1 Å². The molecular formula is C18H19Cl2N3O4S2. The summed E-state index contributed by atoms with van der Waals surface area (Å²) in [5.74, 6) is -0.258. The number of morpholine rings is 1. The van der Waals surface area contributed by atoms with Crippen LogP contribution in [-0.2, 0) is 19.6 Å². The molecule has 1 aliphatic rings. The zero-order chi connectivity index (χ0) is 21.0. The zero-order valence-corrected chi connectivity index (χ0v) is 18.6. The van der Waals surface area contributed by atoms with Gasteiger partial charge in [0.25, 0.3) is 0 Å². The topological polar surface area (TPSA) is 88.6 Å². The van der Waals surface area contributed by atoms with Crippen molar-refractivity contribution in [3.05, 3.63) is 46.6 Å². The molecule has 1 atom stereocenters. The number of halogens is 2. The van der Waals surface area contributed by atoms with Crippen LogP contribution in [0.4, 0.5) is 5.69 Å². The average Bonchev–Trinajstić information content (AvgIpc) is 2.71. The molecule has 29 heavy (non-hydrogen) atoms. The fraction of sp³-hybridized carbons (Fsp3) is 0.333. The van der Waals surface area contributed by atoms with Gasteiger partial charge in [-0.15, -0.1) is 0 Å². The normalized spacial score (nSPS) is 16.4. The molecule has 0 bridgehead atoms. The van der Waals surface area contributed by atoms with E-state index in [1.807, 2.05) is 0 Å². The van der Waals surface area contributed by atoms with Crippen LogP contribution in [0, 0.1) is 0 Å². The molecule has 0 spiro atoms. The second-order valence-corrected chi connectivity index (χ2v) is 10.4. The Morgan fingerprint density at radius 1 is 1.24 bits per heavy atom. The van der Waals surface area contributed by atoms with Gasteiger partial charge in [0.15, 0.2) is 0 Å². The predicted octanol–water partition coefficient (Wildman–Crippen LogP) is 3.53. The average molecular weight is 476 g/mol. The summed E-state index contributed by atoms with van der Waals surface area (Å²) in [5.41, 5.74) is 0.466. The standard InChI is InChI=1S/C18H19Cl2N3O4S2/c1-12(18(24)22-16-4-2-13(19)10-15(16)20)28-17-5-3-14(11-21-17)29(25,26)23-6-8-27-9-7-23/h2-5,10-12H,6-9H2,1H3,(H,22,24). The first-order valence-corrected chi connectivity index (χ1v) is 11.8. The number of hydrogen-bond donors (Lipinski definition) is 1. The Hall–Kier alpha value is -1.36. The van der Waals surface area contributed by atoms with E-state index in [0.717, 1.165) is 0 Å². The van der Waals surface area contributed by atoms with Crippen LogP contribution in [0.1, 0.15) is 6.92 Å². The van der Waals surface area contributed by atoms with E-state index in [9.17, 15) is 13.2 Å². The molecule has 1 saturated heterocycles. The number of benzene rings is 1. The maximum Gasteiger partial charge on any atom is 0.244 e. The van der Waals surface area contributed by atoms with Gasteiger partial charge in [0, 0.05) is 24.3 Å². The van der Waals surface area contributed by atoms with Crippen LogP contribution in [0.15, 0.2) is 46.5 Å². The maximum atomic E-state index is 12.6. The fourth-order valence-corrected chi connectivity index (χ4v) is 5.18. The Labute approximate surface area is 183 Å². The van der Waals surface area contributed by atoms with Crippen molar-refractivity contribution in [2.24, 2.45) is 0 Å². The molecule has 1 aliphatic heterocycles. The number of ether oxygens (including phenoxy) is 1. The number of thioether (sulfide) groups is 1. The number of carbonyl (C=O) groups excluding carboxylic acids is 1. The van der Waals surface area contributed by atoms with E-state index in [4.69, 9.17) is 27.9 Å². The van der Waals surface area contributed by atoms with Gasteiger partial charge in [0.1, 0.15) is 4.90 Å². The molecule has 1 fully saturated rings. The van der Waals surface area contributed by atoms with Crippen LogP contribution < -0.4 is 5.32 Å². The van der Waals surface area contributed by atoms with Gasteiger partial charge in [0.05, 0.1) is 34.2 Å². The number of nitrogens with zero attached hydrogens (tertiary/aromatic N) is 2. The number of amides is 1. The Morgan fingerprint density at radius 3 is 2.59 bits per heavy atom. The number of rotatable bonds is 6. The van der Waals surface area contributed by atoms with Crippen LogP contribution in [0.2, 0.25) is 10.0 Å². The highest BCUT2D eigenvalue weighted by Crippen LogP contribution is 2.28. The minimum atomic E-state index is -3.60. The van der Waals surface area contributed by atoms with E-state index in [-0.39, 0.29) is 10.8 Å². The van der Waals surface area contributed by atoms with E-state index < -0.39 is 15.3 Å². The smallest absolute Gasteiger partial charge is 0.244 e. The number of anilines is 1. The molecule has 2 heterocycles. The highest BCUT2D eigenvalue weighted by atomic mass is 35.5. The molecule has 1 aromatic heterocycles. The Kier molecular flexibility index (Phi) is 7.42. The van der Waals surface area contributed by atoms with Gasteiger partial charge in [-0.05, 0) is 37.3 Å². The lowest BCUT2D eigenvalue weighted by molar-refractivity contribution is -0.115. The third kappa shape index (κ3) is 5.62. The number of nitrogens with one attached hydrogen (secondary N) is 1. The highest BCUT2D eigenvalue weighted by molar-refractivity contribution is 8.00. The van der Waals surface area contributed by atoms with Crippen molar-refractivity contribution in [3.8, 4) is 0 Å². The minimum absolute atomic E-state index is 0.119. The summed E-state index contributed by atoms with van der Waals surface area (Å²) in [7, 11) is -3.60. The second-order valence-electron chi connectivity index (χ2n) is 6.22. The van der Waals surface area contributed by atoms with Crippen LogP contribution in [0.25, 0.3) is 0 Å². The van der Waals surface area contributed by atoms with Gasteiger partial charge < -0.3 is 10.1 Å². The van der Waals surface area contributed by atoms with Gasteiger partial charge in [-0.1, -0.05) is 35.0 Å². The van der Waals surface area contributed by atoms with E-state index in [1.165, 1.54) is 28.3 Å². The third-order valence-corrected chi connectivity index (χ3v) is 7.65. The van der Waals surface area contributed by atoms with E-state index in [0.29, 0.717) is 47.1 Å². The molecule has 7 nitrogen and oxygen atoms in total.